The quantitative estimate of drug-likeness (QED) is 0.621. The molecule has 12 heteroatoms. The Labute approximate surface area is 165 Å². The van der Waals surface area contributed by atoms with Crippen LogP contribution in [0.5, 0.6) is 5.75 Å². The smallest absolute Gasteiger partial charge is 0.416 e. The number of aromatic nitrogens is 4. The Morgan fingerprint density at radius 1 is 0.967 bits per heavy atom. The van der Waals surface area contributed by atoms with Crippen LogP contribution in [0.2, 0.25) is 0 Å². The maximum Gasteiger partial charge on any atom is 0.416 e. The monoisotopic (exact) mass is 432 g/mol. The fourth-order valence-electron chi connectivity index (χ4n) is 2.71. The summed E-state index contributed by atoms with van der Waals surface area (Å²) in [6.07, 6.45) is -12.0. The van der Waals surface area contributed by atoms with Crippen LogP contribution in [0.3, 0.4) is 0 Å². The number of benzene rings is 2. The van der Waals surface area contributed by atoms with E-state index in [1.54, 1.807) is 24.3 Å². The van der Waals surface area contributed by atoms with Gasteiger partial charge in [0.1, 0.15) is 11.9 Å². The van der Waals surface area contributed by atoms with E-state index in [1.807, 2.05) is 0 Å². The van der Waals surface area contributed by atoms with Crippen LogP contribution < -0.4 is 4.74 Å². The van der Waals surface area contributed by atoms with Crippen LogP contribution in [0.1, 0.15) is 34.2 Å². The number of alkyl halides is 6. The predicted octanol–water partition coefficient (Wildman–Crippen LogP) is 3.85. The van der Waals surface area contributed by atoms with Gasteiger partial charge in [0.25, 0.3) is 0 Å². The summed E-state index contributed by atoms with van der Waals surface area (Å²) < 4.78 is 84.5. The first kappa shape index (κ1) is 21.6. The van der Waals surface area contributed by atoms with E-state index in [1.165, 1.54) is 7.11 Å². The van der Waals surface area contributed by atoms with Crippen molar-refractivity contribution in [1.29, 1.82) is 0 Å². The highest BCUT2D eigenvalue weighted by atomic mass is 19.4. The van der Waals surface area contributed by atoms with E-state index in [9.17, 15) is 31.4 Å². The minimum atomic E-state index is -5.04. The first-order valence-electron chi connectivity index (χ1n) is 8.35. The first-order valence-corrected chi connectivity index (χ1v) is 8.35. The zero-order chi connectivity index (χ0) is 22.1. The van der Waals surface area contributed by atoms with Gasteiger partial charge in [-0.2, -0.15) is 26.3 Å². The third kappa shape index (κ3) is 4.70. The normalized spacial score (nSPS) is 13.3. The number of aliphatic hydroxyl groups excluding tert-OH is 1. The van der Waals surface area contributed by atoms with Gasteiger partial charge in [0.05, 0.1) is 24.8 Å². The van der Waals surface area contributed by atoms with E-state index in [2.05, 4.69) is 15.5 Å². The summed E-state index contributed by atoms with van der Waals surface area (Å²) in [5.74, 6) is 0.276. The van der Waals surface area contributed by atoms with Gasteiger partial charge in [-0.25, -0.2) is 4.68 Å². The molecule has 0 radical (unpaired) electrons. The second-order valence-electron chi connectivity index (χ2n) is 6.28. The Balaban J connectivity index is 1.97. The average molecular weight is 432 g/mol. The third-order valence-corrected chi connectivity index (χ3v) is 4.22. The molecule has 1 N–H and O–H groups in total. The molecule has 0 saturated carbocycles. The molecule has 1 unspecified atom stereocenters. The van der Waals surface area contributed by atoms with E-state index in [0.717, 1.165) is 4.68 Å². The molecule has 0 amide bonds. The van der Waals surface area contributed by atoms with Gasteiger partial charge in [-0.05, 0) is 51.9 Å². The van der Waals surface area contributed by atoms with Gasteiger partial charge in [0, 0.05) is 0 Å². The Hall–Kier alpha value is -3.15. The van der Waals surface area contributed by atoms with E-state index in [0.29, 0.717) is 23.4 Å². The van der Waals surface area contributed by atoms with Crippen LogP contribution in [0.4, 0.5) is 26.3 Å². The number of methoxy groups -OCH3 is 1. The van der Waals surface area contributed by atoms with Gasteiger partial charge in [-0.1, -0.05) is 12.1 Å². The third-order valence-electron chi connectivity index (χ3n) is 4.22. The van der Waals surface area contributed by atoms with E-state index < -0.39 is 35.1 Å². The Morgan fingerprint density at radius 2 is 1.53 bits per heavy atom. The Morgan fingerprint density at radius 3 is 2.03 bits per heavy atom. The predicted molar refractivity (Wildman–Crippen MR) is 90.4 cm³/mol. The van der Waals surface area contributed by atoms with Crippen LogP contribution in [-0.4, -0.2) is 32.4 Å². The number of tetrazole rings is 1. The lowest BCUT2D eigenvalue weighted by Gasteiger charge is -2.17. The molecule has 6 nitrogen and oxygen atoms in total. The number of ether oxygens (including phenoxy) is 1. The first-order chi connectivity index (χ1) is 14.0. The molecule has 0 aliphatic heterocycles. The van der Waals surface area contributed by atoms with Gasteiger partial charge in [0.15, 0.2) is 5.82 Å². The molecule has 0 saturated heterocycles. The standard InChI is InChI=1S/C18H14F6N4O2/c1-30-14-4-2-10(3-5-14)9-28-16(25-26-27-28)15(29)11-6-12(17(19,20)21)8-13(7-11)18(22,23)24/h2-8,15,29H,9H2,1H3. The van der Waals surface area contributed by atoms with Crippen LogP contribution in [0.15, 0.2) is 42.5 Å². The number of halogens is 6. The summed E-state index contributed by atoms with van der Waals surface area (Å²) in [6, 6.07) is 7.50. The highest BCUT2D eigenvalue weighted by molar-refractivity contribution is 5.36. The van der Waals surface area contributed by atoms with Crippen molar-refractivity contribution < 1.29 is 36.2 Å². The highest BCUT2D eigenvalue weighted by Gasteiger charge is 2.38. The van der Waals surface area contributed by atoms with Crippen molar-refractivity contribution in [1.82, 2.24) is 20.2 Å². The molecule has 3 rings (SSSR count). The zero-order valence-electron chi connectivity index (χ0n) is 15.2. The molecule has 0 fully saturated rings. The van der Waals surface area contributed by atoms with Gasteiger partial charge in [-0.3, -0.25) is 0 Å². The van der Waals surface area contributed by atoms with Gasteiger partial charge in [-0.15, -0.1) is 5.10 Å². The summed E-state index contributed by atoms with van der Waals surface area (Å²) in [5.41, 5.74) is -3.05. The lowest BCUT2D eigenvalue weighted by molar-refractivity contribution is -0.143. The molecule has 0 bridgehead atoms. The lowest BCUT2D eigenvalue weighted by Crippen LogP contribution is -2.16. The maximum absolute atomic E-state index is 13.1. The molecule has 3 aromatic rings. The van der Waals surface area contributed by atoms with Crippen molar-refractivity contribution >= 4 is 0 Å². The molecule has 1 aromatic heterocycles. The second-order valence-corrected chi connectivity index (χ2v) is 6.28. The highest BCUT2D eigenvalue weighted by Crippen LogP contribution is 2.38. The molecular formula is C18H14F6N4O2. The van der Waals surface area contributed by atoms with Gasteiger partial charge >= 0.3 is 12.4 Å². The van der Waals surface area contributed by atoms with Crippen molar-refractivity contribution in [3.8, 4) is 5.75 Å². The molecule has 0 spiro atoms. The van der Waals surface area contributed by atoms with Crippen LogP contribution >= 0.6 is 0 Å². The minimum absolute atomic E-state index is 0.0173. The van der Waals surface area contributed by atoms with Crippen LogP contribution in [0, 0.1) is 0 Å². The molecule has 1 heterocycles. The molecule has 2 aromatic carbocycles. The van der Waals surface area contributed by atoms with E-state index in [4.69, 9.17) is 4.74 Å². The Bertz CT molecular complexity index is 983. The molecule has 160 valence electrons. The molecule has 30 heavy (non-hydrogen) atoms. The summed E-state index contributed by atoms with van der Waals surface area (Å²) in [4.78, 5) is 0. The topological polar surface area (TPSA) is 73.1 Å². The van der Waals surface area contributed by atoms with E-state index >= 15 is 0 Å². The summed E-state index contributed by atoms with van der Waals surface area (Å²) >= 11 is 0. The molecule has 0 aliphatic rings. The average Bonchev–Trinajstić information content (AvgIpc) is 3.14. The number of hydrogen-bond acceptors (Lipinski definition) is 5. The summed E-state index contributed by atoms with van der Waals surface area (Å²) in [5, 5.41) is 21.1. The maximum atomic E-state index is 13.1. The number of aliphatic hydroxyl groups is 1. The summed E-state index contributed by atoms with van der Waals surface area (Å²) in [7, 11) is 1.48. The second kappa shape index (κ2) is 7.94. The Kier molecular flexibility index (Phi) is 5.70. The zero-order valence-corrected chi connectivity index (χ0v) is 15.2. The van der Waals surface area contributed by atoms with E-state index in [-0.39, 0.29) is 18.4 Å². The molecule has 1 atom stereocenters. The summed E-state index contributed by atoms with van der Waals surface area (Å²) in [6.45, 7) is 0.0223. The van der Waals surface area contributed by atoms with Crippen molar-refractivity contribution in [3.05, 3.63) is 70.5 Å². The molecular weight excluding hydrogens is 418 g/mol. The van der Waals surface area contributed by atoms with Gasteiger partial charge < -0.3 is 9.84 Å². The fourth-order valence-corrected chi connectivity index (χ4v) is 2.71. The van der Waals surface area contributed by atoms with Crippen LogP contribution in [-0.2, 0) is 18.9 Å². The number of rotatable bonds is 5. The number of nitrogens with zero attached hydrogens (tertiary/aromatic N) is 4. The lowest BCUT2D eigenvalue weighted by atomic mass is 10.0. The molecule has 0 aliphatic carbocycles. The number of hydrogen-bond donors (Lipinski definition) is 1. The SMILES string of the molecule is COc1ccc(Cn2nnnc2C(O)c2cc(C(F)(F)F)cc(C(F)(F)F)c2)cc1. The minimum Gasteiger partial charge on any atom is -0.497 e. The fraction of sp³-hybridized carbons (Fsp3) is 0.278. The van der Waals surface area contributed by atoms with Crippen molar-refractivity contribution in [2.75, 3.05) is 7.11 Å². The van der Waals surface area contributed by atoms with Crippen molar-refractivity contribution in [2.24, 2.45) is 0 Å². The van der Waals surface area contributed by atoms with Crippen molar-refractivity contribution in [2.45, 2.75) is 25.0 Å². The van der Waals surface area contributed by atoms with Crippen molar-refractivity contribution in [3.63, 3.8) is 0 Å². The largest absolute Gasteiger partial charge is 0.497 e. The van der Waals surface area contributed by atoms with Gasteiger partial charge in [0.2, 0.25) is 0 Å². The van der Waals surface area contributed by atoms with Crippen LogP contribution in [0.25, 0.3) is 0 Å².